The summed E-state index contributed by atoms with van der Waals surface area (Å²) in [5.74, 6) is -8.48. The summed E-state index contributed by atoms with van der Waals surface area (Å²) in [7, 11) is 1.90. The third-order valence-electron chi connectivity index (χ3n) is 15.3. The molecule has 4 aliphatic rings. The van der Waals surface area contributed by atoms with Gasteiger partial charge in [-0.1, -0.05) is 60.6 Å². The molecule has 3 heterocycles. The maximum absolute atomic E-state index is 16.6. The predicted molar refractivity (Wildman–Crippen MR) is 244 cm³/mol. The van der Waals surface area contributed by atoms with Crippen molar-refractivity contribution in [2.75, 3.05) is 27.9 Å². The highest BCUT2D eigenvalue weighted by Gasteiger charge is 2.57. The number of methoxy groups -OCH3 is 3. The van der Waals surface area contributed by atoms with Gasteiger partial charge in [0.25, 0.3) is 11.7 Å². The zero-order valence-corrected chi connectivity index (χ0v) is 42.3. The second kappa shape index (κ2) is 22.6. The number of aliphatic hydroxyl groups is 2. The SMILES string of the molecule is CCC1/C=C(\C)C(F)C(C)CC(OC)C2OC(O)(C(=O)C(=O)N3CCCCC3C(=O)OC(C(C)=CC3CCC(O)C(OC)C3)C(C)C(O[Si](C)(C)C(C)(C)C)CC1=O)C(C)CC2OC. The molecule has 1 amide bonds. The Morgan fingerprint density at radius 3 is 2.17 bits per heavy atom. The Labute approximate surface area is 383 Å². The van der Waals surface area contributed by atoms with E-state index in [2.05, 4.69) is 39.9 Å². The highest BCUT2D eigenvalue weighted by molar-refractivity contribution is 6.74. The Balaban J connectivity index is 1.90. The number of hydrogen-bond acceptors (Lipinski definition) is 12. The zero-order chi connectivity index (χ0) is 48.1. The van der Waals surface area contributed by atoms with E-state index in [-0.39, 0.29) is 55.1 Å². The number of esters is 1. The second-order valence-electron chi connectivity index (χ2n) is 21.0. The van der Waals surface area contributed by atoms with Crippen LogP contribution in [-0.4, -0.2) is 135 Å². The normalized spacial score (nSPS) is 39.6. The minimum Gasteiger partial charge on any atom is -0.456 e. The molecule has 15 unspecified atom stereocenters. The molecule has 2 bridgehead atoms. The van der Waals surface area contributed by atoms with E-state index in [1.165, 1.54) is 19.1 Å². The molecule has 3 fully saturated rings. The van der Waals surface area contributed by atoms with Crippen LogP contribution in [-0.2, 0) is 47.3 Å². The number of carbonyl (C=O) groups is 4. The smallest absolute Gasteiger partial charge is 0.329 e. The molecule has 0 aromatic rings. The molecule has 0 aromatic carbocycles. The molecule has 0 aromatic heterocycles. The second-order valence-corrected chi connectivity index (χ2v) is 25.7. The molecular weight excluding hydrogens is 842 g/mol. The van der Waals surface area contributed by atoms with Crippen molar-refractivity contribution >= 4 is 31.8 Å². The van der Waals surface area contributed by atoms with Crippen molar-refractivity contribution in [2.45, 2.75) is 205 Å². The van der Waals surface area contributed by atoms with Crippen molar-refractivity contribution in [3.63, 3.8) is 0 Å². The first-order chi connectivity index (χ1) is 29.8. The number of aliphatic hydroxyl groups excluding tert-OH is 1. The fourth-order valence-electron chi connectivity index (χ4n) is 9.98. The molecule has 2 saturated heterocycles. The van der Waals surface area contributed by atoms with Crippen molar-refractivity contribution < 1.29 is 61.9 Å². The molecule has 1 saturated carbocycles. The number of Topliss-reactive ketones (excluding diaryl/α,β-unsaturated/α-hetero) is 2. The quantitative estimate of drug-likeness (QED) is 0.107. The van der Waals surface area contributed by atoms with Gasteiger partial charge in [0.2, 0.25) is 5.79 Å². The van der Waals surface area contributed by atoms with Crippen molar-refractivity contribution in [3.8, 4) is 0 Å². The lowest BCUT2D eigenvalue weighted by Crippen LogP contribution is -2.64. The van der Waals surface area contributed by atoms with Gasteiger partial charge >= 0.3 is 5.97 Å². The number of hydrogen-bond donors (Lipinski definition) is 2. The van der Waals surface area contributed by atoms with Crippen LogP contribution in [0.2, 0.25) is 18.1 Å². The predicted octanol–water partition coefficient (Wildman–Crippen LogP) is 7.45. The largest absolute Gasteiger partial charge is 0.456 e. The van der Waals surface area contributed by atoms with Gasteiger partial charge in [-0.05, 0) is 113 Å². The molecule has 13 nitrogen and oxygen atoms in total. The number of fused-ring (bicyclic) bond motifs is 3. The summed E-state index contributed by atoms with van der Waals surface area (Å²) in [6.07, 6.45) is 0.827. The molecular formula is C49H82FNO12Si. The van der Waals surface area contributed by atoms with Gasteiger partial charge in [-0.25, -0.2) is 9.18 Å². The zero-order valence-electron chi connectivity index (χ0n) is 41.3. The Morgan fingerprint density at radius 1 is 0.953 bits per heavy atom. The number of carbonyl (C=O) groups excluding carboxylic acids is 4. The van der Waals surface area contributed by atoms with E-state index in [1.807, 2.05) is 20.8 Å². The molecule has 15 atom stereocenters. The van der Waals surface area contributed by atoms with Crippen LogP contribution in [0.4, 0.5) is 4.39 Å². The lowest BCUT2D eigenvalue weighted by molar-refractivity contribution is -0.302. The lowest BCUT2D eigenvalue weighted by atomic mass is 9.81. The van der Waals surface area contributed by atoms with E-state index in [4.69, 9.17) is 28.1 Å². The number of nitrogens with zero attached hydrogens (tertiary/aromatic N) is 1. The van der Waals surface area contributed by atoms with Crippen LogP contribution < -0.4 is 0 Å². The molecule has 0 spiro atoms. The van der Waals surface area contributed by atoms with Gasteiger partial charge in [-0.15, -0.1) is 0 Å². The average Bonchev–Trinajstić information content (AvgIpc) is 3.25. The van der Waals surface area contributed by atoms with Crippen LogP contribution in [0.5, 0.6) is 0 Å². The number of alkyl halides is 1. The minimum absolute atomic E-state index is 0.0118. The van der Waals surface area contributed by atoms with Crippen molar-refractivity contribution in [3.05, 3.63) is 23.3 Å². The van der Waals surface area contributed by atoms with Crippen molar-refractivity contribution in [1.29, 1.82) is 0 Å². The average molecular weight is 924 g/mol. The molecule has 2 N–H and O–H groups in total. The standard InChI is InChI=1S/C49H82FNO12Si/c1-15-34-23-28(2)42(50)29(3)24-40(59-11)44-41(60-12)25-31(5)49(57,62-44)45(54)46(55)51-21-17-16-18-35(51)47(56)61-43(30(4)22-33-19-20-36(52)39(26-33)58-10)32(6)38(27-37(34)53)63-64(13,14)48(7,8)9/h22-23,29,31-36,38-44,52,57H,15-21,24-27H2,1-14H3/b28-23+,30-22?. The van der Waals surface area contributed by atoms with Gasteiger partial charge in [0.05, 0.1) is 30.5 Å². The molecule has 0 radical (unpaired) electrons. The van der Waals surface area contributed by atoms with Gasteiger partial charge in [0, 0.05) is 52.0 Å². The summed E-state index contributed by atoms with van der Waals surface area (Å²) in [6.45, 7) is 21.4. The number of rotatable bonds is 8. The Hall–Kier alpha value is -2.37. The Bertz CT molecular complexity index is 1680. The fourth-order valence-corrected chi connectivity index (χ4v) is 11.4. The van der Waals surface area contributed by atoms with E-state index >= 15 is 4.39 Å². The molecule has 15 heteroatoms. The van der Waals surface area contributed by atoms with Crippen LogP contribution in [0.25, 0.3) is 0 Å². The molecule has 1 aliphatic carbocycles. The summed E-state index contributed by atoms with van der Waals surface area (Å²) < 4.78 is 53.8. The van der Waals surface area contributed by atoms with E-state index < -0.39 is 104 Å². The van der Waals surface area contributed by atoms with Gasteiger partial charge in [-0.2, -0.15) is 0 Å². The highest BCUT2D eigenvalue weighted by atomic mass is 28.4. The fraction of sp³-hybridized carbons (Fsp3) is 0.837. The number of amides is 1. The third kappa shape index (κ3) is 12.4. The van der Waals surface area contributed by atoms with E-state index in [0.29, 0.717) is 44.1 Å². The number of ether oxygens (including phenoxy) is 5. The minimum atomic E-state index is -2.60. The first-order valence-electron chi connectivity index (χ1n) is 23.8. The van der Waals surface area contributed by atoms with Crippen molar-refractivity contribution in [1.82, 2.24) is 4.90 Å². The van der Waals surface area contributed by atoms with Gasteiger partial charge in [0.1, 0.15) is 30.2 Å². The maximum atomic E-state index is 16.6. The summed E-state index contributed by atoms with van der Waals surface area (Å²) in [4.78, 5) is 59.5. The van der Waals surface area contributed by atoms with Crippen LogP contribution >= 0.6 is 0 Å². The highest BCUT2D eigenvalue weighted by Crippen LogP contribution is 2.42. The summed E-state index contributed by atoms with van der Waals surface area (Å²) in [5.41, 5.74) is 1.11. The van der Waals surface area contributed by atoms with E-state index in [0.717, 1.165) is 5.57 Å². The van der Waals surface area contributed by atoms with Gasteiger partial charge < -0.3 is 43.2 Å². The number of cyclic esters (lactones) is 1. The molecule has 366 valence electrons. The Kier molecular flexibility index (Phi) is 19.2. The summed E-state index contributed by atoms with van der Waals surface area (Å²) >= 11 is 0. The lowest BCUT2D eigenvalue weighted by Gasteiger charge is -2.47. The molecule has 64 heavy (non-hydrogen) atoms. The van der Waals surface area contributed by atoms with Crippen LogP contribution in [0.15, 0.2) is 23.3 Å². The summed E-state index contributed by atoms with van der Waals surface area (Å²) in [6, 6.07) is -1.15. The van der Waals surface area contributed by atoms with Gasteiger partial charge in [0.15, 0.2) is 8.32 Å². The van der Waals surface area contributed by atoms with Crippen LogP contribution in [0.1, 0.15) is 127 Å². The van der Waals surface area contributed by atoms with E-state index in [1.54, 1.807) is 34.0 Å². The monoisotopic (exact) mass is 924 g/mol. The Morgan fingerprint density at radius 2 is 1.58 bits per heavy atom. The third-order valence-corrected chi connectivity index (χ3v) is 19.8. The maximum Gasteiger partial charge on any atom is 0.329 e. The van der Waals surface area contributed by atoms with Crippen LogP contribution in [0, 0.1) is 29.6 Å². The first-order valence-corrected chi connectivity index (χ1v) is 26.7. The van der Waals surface area contributed by atoms with Crippen molar-refractivity contribution in [2.24, 2.45) is 29.6 Å². The number of allylic oxidation sites excluding steroid dienone is 3. The molecule has 3 aliphatic heterocycles. The van der Waals surface area contributed by atoms with E-state index in [9.17, 15) is 29.4 Å². The number of halogens is 1. The number of piperidine rings is 1. The topological polar surface area (TPSA) is 167 Å². The van der Waals surface area contributed by atoms with Crippen LogP contribution in [0.3, 0.4) is 0 Å². The molecule has 4 rings (SSSR count). The first kappa shape index (κ1) is 54.2. The summed E-state index contributed by atoms with van der Waals surface area (Å²) in [5, 5.41) is 22.5. The van der Waals surface area contributed by atoms with Gasteiger partial charge in [-0.3, -0.25) is 14.4 Å². The number of ketones is 2.